The van der Waals surface area contributed by atoms with E-state index in [2.05, 4.69) is 41.2 Å². The average molecular weight is 259 g/mol. The number of nitrogens with zero attached hydrogens (tertiary/aromatic N) is 4. The van der Waals surface area contributed by atoms with Gasteiger partial charge in [-0.2, -0.15) is 5.10 Å². The summed E-state index contributed by atoms with van der Waals surface area (Å²) in [5.41, 5.74) is 1.07. The average Bonchev–Trinajstić information content (AvgIpc) is 2.88. The Bertz CT molecular complexity index is 545. The molecule has 2 rings (SSSR count). The number of hydrogen-bond donors (Lipinski definition) is 1. The fourth-order valence-corrected chi connectivity index (χ4v) is 1.84. The summed E-state index contributed by atoms with van der Waals surface area (Å²) in [5, 5.41) is 7.63. The summed E-state index contributed by atoms with van der Waals surface area (Å²) in [7, 11) is 1.87. The van der Waals surface area contributed by atoms with E-state index < -0.39 is 0 Å². The second-order valence-corrected chi connectivity index (χ2v) is 4.87. The van der Waals surface area contributed by atoms with Crippen molar-refractivity contribution in [3.63, 3.8) is 0 Å². The van der Waals surface area contributed by atoms with Crippen molar-refractivity contribution in [1.29, 1.82) is 0 Å². The van der Waals surface area contributed by atoms with E-state index >= 15 is 0 Å². The van der Waals surface area contributed by atoms with Gasteiger partial charge in [0.25, 0.3) is 0 Å². The van der Waals surface area contributed by atoms with E-state index in [9.17, 15) is 0 Å². The van der Waals surface area contributed by atoms with Crippen LogP contribution in [-0.2, 0) is 6.42 Å². The Labute approximate surface area is 114 Å². The molecule has 5 nitrogen and oxygen atoms in total. The molecule has 0 aliphatic heterocycles. The zero-order chi connectivity index (χ0) is 13.8. The molecule has 0 saturated heterocycles. The first-order valence-corrected chi connectivity index (χ1v) is 6.75. The molecule has 19 heavy (non-hydrogen) atoms. The number of aromatic nitrogens is 4. The molecule has 0 aliphatic rings. The lowest BCUT2D eigenvalue weighted by Gasteiger charge is -2.07. The van der Waals surface area contributed by atoms with Crippen LogP contribution < -0.4 is 5.32 Å². The van der Waals surface area contributed by atoms with Crippen molar-refractivity contribution >= 4 is 5.82 Å². The molecule has 1 N–H and O–H groups in total. The summed E-state index contributed by atoms with van der Waals surface area (Å²) in [6, 6.07) is 3.95. The van der Waals surface area contributed by atoms with Crippen LogP contribution >= 0.6 is 0 Å². The lowest BCUT2D eigenvalue weighted by atomic mass is 10.1. The highest BCUT2D eigenvalue weighted by atomic mass is 15.3. The fraction of sp³-hybridized carbons (Fsp3) is 0.500. The number of anilines is 1. The van der Waals surface area contributed by atoms with Crippen molar-refractivity contribution in [2.24, 2.45) is 0 Å². The maximum absolute atomic E-state index is 4.56. The van der Waals surface area contributed by atoms with Crippen LogP contribution in [-0.4, -0.2) is 26.8 Å². The maximum atomic E-state index is 4.56. The van der Waals surface area contributed by atoms with Gasteiger partial charge in [-0.3, -0.25) is 0 Å². The smallest absolute Gasteiger partial charge is 0.159 e. The summed E-state index contributed by atoms with van der Waals surface area (Å²) in [5.74, 6) is 2.91. The van der Waals surface area contributed by atoms with Gasteiger partial charge in [-0.1, -0.05) is 20.8 Å². The molecule has 0 unspecified atom stereocenters. The van der Waals surface area contributed by atoms with E-state index in [1.54, 1.807) is 0 Å². The maximum Gasteiger partial charge on any atom is 0.159 e. The van der Waals surface area contributed by atoms with Gasteiger partial charge < -0.3 is 5.32 Å². The molecule has 2 aromatic heterocycles. The van der Waals surface area contributed by atoms with Gasteiger partial charge in [0.2, 0.25) is 0 Å². The fourth-order valence-electron chi connectivity index (χ4n) is 1.84. The van der Waals surface area contributed by atoms with Crippen molar-refractivity contribution in [3.05, 3.63) is 29.8 Å². The Morgan fingerprint density at radius 3 is 2.68 bits per heavy atom. The molecule has 0 amide bonds. The summed E-state index contributed by atoms with van der Waals surface area (Å²) in [6.45, 7) is 6.39. The first-order chi connectivity index (χ1) is 9.13. The Morgan fingerprint density at radius 2 is 2.11 bits per heavy atom. The minimum absolute atomic E-state index is 0.418. The van der Waals surface area contributed by atoms with Crippen molar-refractivity contribution in [2.45, 2.75) is 39.5 Å². The molecule has 0 aromatic carbocycles. The lowest BCUT2D eigenvalue weighted by molar-refractivity contribution is 0.743. The van der Waals surface area contributed by atoms with Crippen molar-refractivity contribution in [1.82, 2.24) is 19.7 Å². The third-order valence-electron chi connectivity index (χ3n) is 2.92. The van der Waals surface area contributed by atoms with E-state index in [1.807, 2.05) is 30.1 Å². The molecule has 102 valence electrons. The van der Waals surface area contributed by atoms with Gasteiger partial charge in [-0.25, -0.2) is 14.6 Å². The molecule has 2 heterocycles. The SMILES string of the molecule is CCCc1nc(NC)cc(-n2ccc(C(C)C)n2)n1. The van der Waals surface area contributed by atoms with E-state index in [0.717, 1.165) is 36.0 Å². The van der Waals surface area contributed by atoms with E-state index in [-0.39, 0.29) is 0 Å². The molecule has 0 atom stereocenters. The van der Waals surface area contributed by atoms with Gasteiger partial charge in [0.15, 0.2) is 5.82 Å². The van der Waals surface area contributed by atoms with Gasteiger partial charge in [-0.15, -0.1) is 0 Å². The number of hydrogen-bond acceptors (Lipinski definition) is 4. The third-order valence-corrected chi connectivity index (χ3v) is 2.92. The summed E-state index contributed by atoms with van der Waals surface area (Å²) in [4.78, 5) is 9.01. The van der Waals surface area contributed by atoms with Crippen LogP contribution in [0.3, 0.4) is 0 Å². The van der Waals surface area contributed by atoms with Crippen LogP contribution in [0, 0.1) is 0 Å². The van der Waals surface area contributed by atoms with Gasteiger partial charge in [0.1, 0.15) is 11.6 Å². The van der Waals surface area contributed by atoms with Crippen molar-refractivity contribution in [3.8, 4) is 5.82 Å². The zero-order valence-corrected chi connectivity index (χ0v) is 12.0. The Morgan fingerprint density at radius 1 is 1.32 bits per heavy atom. The molecular weight excluding hydrogens is 238 g/mol. The minimum Gasteiger partial charge on any atom is -0.373 e. The molecule has 0 spiro atoms. The monoisotopic (exact) mass is 259 g/mol. The summed E-state index contributed by atoms with van der Waals surface area (Å²) in [6.07, 6.45) is 3.86. The van der Waals surface area contributed by atoms with Gasteiger partial charge >= 0.3 is 0 Å². The van der Waals surface area contributed by atoms with E-state index in [0.29, 0.717) is 5.92 Å². The second kappa shape index (κ2) is 5.82. The highest BCUT2D eigenvalue weighted by Crippen LogP contribution is 2.15. The van der Waals surface area contributed by atoms with E-state index in [4.69, 9.17) is 0 Å². The number of aryl methyl sites for hydroxylation is 1. The molecule has 0 aliphatic carbocycles. The third kappa shape index (κ3) is 3.10. The van der Waals surface area contributed by atoms with Crippen LogP contribution in [0.1, 0.15) is 44.6 Å². The first-order valence-electron chi connectivity index (χ1n) is 6.75. The molecule has 2 aromatic rings. The van der Waals surface area contributed by atoms with E-state index in [1.165, 1.54) is 0 Å². The predicted octanol–water partition coefficient (Wildman–Crippen LogP) is 2.78. The second-order valence-electron chi connectivity index (χ2n) is 4.87. The molecule has 0 radical (unpaired) electrons. The van der Waals surface area contributed by atoms with Crippen LogP contribution in [0.5, 0.6) is 0 Å². The lowest BCUT2D eigenvalue weighted by Crippen LogP contribution is -2.07. The van der Waals surface area contributed by atoms with Gasteiger partial charge in [0, 0.05) is 25.7 Å². The molecule has 0 bridgehead atoms. The summed E-state index contributed by atoms with van der Waals surface area (Å²) < 4.78 is 1.82. The van der Waals surface area contributed by atoms with Crippen molar-refractivity contribution < 1.29 is 0 Å². The van der Waals surface area contributed by atoms with Crippen LogP contribution in [0.25, 0.3) is 5.82 Å². The van der Waals surface area contributed by atoms with Crippen LogP contribution in [0.2, 0.25) is 0 Å². The zero-order valence-electron chi connectivity index (χ0n) is 12.0. The number of nitrogens with one attached hydrogen (secondary N) is 1. The molecule has 5 heteroatoms. The minimum atomic E-state index is 0.418. The highest BCUT2D eigenvalue weighted by molar-refractivity contribution is 5.41. The predicted molar refractivity (Wildman–Crippen MR) is 76.8 cm³/mol. The van der Waals surface area contributed by atoms with Gasteiger partial charge in [-0.05, 0) is 18.4 Å². The van der Waals surface area contributed by atoms with Gasteiger partial charge in [0.05, 0.1) is 5.69 Å². The Hall–Kier alpha value is -1.91. The summed E-state index contributed by atoms with van der Waals surface area (Å²) >= 11 is 0. The quantitative estimate of drug-likeness (QED) is 0.897. The molecular formula is C14H21N5. The molecule has 0 fully saturated rings. The Balaban J connectivity index is 2.38. The first kappa shape index (κ1) is 13.5. The number of rotatable bonds is 5. The normalized spacial score (nSPS) is 11.0. The van der Waals surface area contributed by atoms with Crippen molar-refractivity contribution in [2.75, 3.05) is 12.4 Å². The Kier molecular flexibility index (Phi) is 4.14. The molecule has 0 saturated carbocycles. The van der Waals surface area contributed by atoms with Crippen LogP contribution in [0.15, 0.2) is 18.3 Å². The standard InChI is InChI=1S/C14H21N5/c1-5-6-12-16-13(15-4)9-14(17-12)19-8-7-11(18-19)10(2)3/h7-10H,5-6H2,1-4H3,(H,15,16,17). The largest absolute Gasteiger partial charge is 0.373 e. The van der Waals surface area contributed by atoms with Crippen LogP contribution in [0.4, 0.5) is 5.82 Å². The highest BCUT2D eigenvalue weighted by Gasteiger charge is 2.08. The topological polar surface area (TPSA) is 55.6 Å².